The van der Waals surface area contributed by atoms with Gasteiger partial charge in [-0.2, -0.15) is 0 Å². The Morgan fingerprint density at radius 2 is 1.70 bits per heavy atom. The standard InChI is InChI=1S/C18H23N3O2/c1-19-18(20-12-14-7-5-4-6-8-14)21-13-15-9-10-16(22-2)11-17(15)23-3/h4-11H,12-13H2,1-3H3,(H2,19,20,21). The Bertz CT molecular complexity index is 642. The minimum atomic E-state index is 0.613. The van der Waals surface area contributed by atoms with Crippen molar-refractivity contribution in [1.29, 1.82) is 0 Å². The Balaban J connectivity index is 1.93. The summed E-state index contributed by atoms with van der Waals surface area (Å²) in [6, 6.07) is 16.0. The quantitative estimate of drug-likeness (QED) is 0.636. The van der Waals surface area contributed by atoms with E-state index in [4.69, 9.17) is 9.47 Å². The molecule has 2 aromatic rings. The molecule has 0 aliphatic carbocycles. The summed E-state index contributed by atoms with van der Waals surface area (Å²) in [6.07, 6.45) is 0. The summed E-state index contributed by atoms with van der Waals surface area (Å²) in [5, 5.41) is 6.58. The first-order valence-electron chi connectivity index (χ1n) is 7.46. The Morgan fingerprint density at radius 1 is 0.957 bits per heavy atom. The number of hydrogen-bond donors (Lipinski definition) is 2. The summed E-state index contributed by atoms with van der Waals surface area (Å²) in [6.45, 7) is 1.34. The largest absolute Gasteiger partial charge is 0.497 e. The highest BCUT2D eigenvalue weighted by Crippen LogP contribution is 2.24. The average Bonchev–Trinajstić information content (AvgIpc) is 2.62. The average molecular weight is 313 g/mol. The van der Waals surface area contributed by atoms with Crippen LogP contribution in [0.4, 0.5) is 0 Å². The summed E-state index contributed by atoms with van der Waals surface area (Å²) < 4.78 is 10.6. The van der Waals surface area contributed by atoms with Crippen LogP contribution in [0.2, 0.25) is 0 Å². The molecule has 0 heterocycles. The number of nitrogens with one attached hydrogen (secondary N) is 2. The molecule has 0 fully saturated rings. The normalized spacial score (nSPS) is 11.0. The Labute approximate surface area is 137 Å². The Morgan fingerprint density at radius 3 is 2.35 bits per heavy atom. The number of ether oxygens (including phenoxy) is 2. The second kappa shape index (κ2) is 8.68. The van der Waals surface area contributed by atoms with Crippen LogP contribution in [0.1, 0.15) is 11.1 Å². The minimum absolute atomic E-state index is 0.613. The lowest BCUT2D eigenvalue weighted by atomic mass is 10.2. The van der Waals surface area contributed by atoms with Crippen LogP contribution in [-0.2, 0) is 13.1 Å². The van der Waals surface area contributed by atoms with Gasteiger partial charge in [-0.15, -0.1) is 0 Å². The van der Waals surface area contributed by atoms with Crippen LogP contribution in [0.5, 0.6) is 11.5 Å². The van der Waals surface area contributed by atoms with Gasteiger partial charge in [0.15, 0.2) is 5.96 Å². The van der Waals surface area contributed by atoms with Gasteiger partial charge in [-0.05, 0) is 17.7 Å². The molecule has 0 bridgehead atoms. The second-order valence-corrected chi connectivity index (χ2v) is 4.94. The third-order valence-electron chi connectivity index (χ3n) is 3.47. The van der Waals surface area contributed by atoms with E-state index < -0.39 is 0 Å². The first kappa shape index (κ1) is 16.7. The fourth-order valence-electron chi connectivity index (χ4n) is 2.18. The summed E-state index contributed by atoms with van der Waals surface area (Å²) in [4.78, 5) is 4.24. The molecule has 0 amide bonds. The number of methoxy groups -OCH3 is 2. The van der Waals surface area contributed by atoms with Gasteiger partial charge >= 0.3 is 0 Å². The highest BCUT2D eigenvalue weighted by Gasteiger charge is 2.06. The van der Waals surface area contributed by atoms with Crippen molar-refractivity contribution in [2.24, 2.45) is 4.99 Å². The van der Waals surface area contributed by atoms with Crippen LogP contribution in [-0.4, -0.2) is 27.2 Å². The number of benzene rings is 2. The van der Waals surface area contributed by atoms with E-state index in [1.807, 2.05) is 36.4 Å². The maximum Gasteiger partial charge on any atom is 0.191 e. The number of nitrogens with zero attached hydrogens (tertiary/aromatic N) is 1. The number of hydrogen-bond acceptors (Lipinski definition) is 3. The van der Waals surface area contributed by atoms with E-state index >= 15 is 0 Å². The van der Waals surface area contributed by atoms with E-state index in [2.05, 4.69) is 27.8 Å². The van der Waals surface area contributed by atoms with Crippen LogP contribution in [0, 0.1) is 0 Å². The molecular formula is C18H23N3O2. The first-order valence-corrected chi connectivity index (χ1v) is 7.46. The van der Waals surface area contributed by atoms with Crippen molar-refractivity contribution in [1.82, 2.24) is 10.6 Å². The van der Waals surface area contributed by atoms with Gasteiger partial charge in [-0.3, -0.25) is 4.99 Å². The van der Waals surface area contributed by atoms with Crippen LogP contribution in [0.15, 0.2) is 53.5 Å². The molecule has 2 N–H and O–H groups in total. The monoisotopic (exact) mass is 313 g/mol. The van der Waals surface area contributed by atoms with Crippen molar-refractivity contribution in [3.05, 3.63) is 59.7 Å². The number of guanidine groups is 1. The van der Waals surface area contributed by atoms with Crippen molar-refractivity contribution in [3.8, 4) is 11.5 Å². The van der Waals surface area contributed by atoms with Gasteiger partial charge in [-0.1, -0.05) is 30.3 Å². The SMILES string of the molecule is CN=C(NCc1ccccc1)NCc1ccc(OC)cc1OC. The second-order valence-electron chi connectivity index (χ2n) is 4.94. The van der Waals surface area contributed by atoms with Crippen molar-refractivity contribution >= 4 is 5.96 Å². The summed E-state index contributed by atoms with van der Waals surface area (Å²) in [7, 11) is 5.05. The Hall–Kier alpha value is -2.69. The van der Waals surface area contributed by atoms with E-state index in [0.29, 0.717) is 6.54 Å². The van der Waals surface area contributed by atoms with Gasteiger partial charge in [0.2, 0.25) is 0 Å². The molecular weight excluding hydrogens is 290 g/mol. The summed E-state index contributed by atoms with van der Waals surface area (Å²) >= 11 is 0. The zero-order valence-corrected chi connectivity index (χ0v) is 13.8. The zero-order valence-electron chi connectivity index (χ0n) is 13.8. The fourth-order valence-corrected chi connectivity index (χ4v) is 2.18. The van der Waals surface area contributed by atoms with Gasteiger partial charge in [0.05, 0.1) is 14.2 Å². The van der Waals surface area contributed by atoms with Crippen molar-refractivity contribution in [3.63, 3.8) is 0 Å². The van der Waals surface area contributed by atoms with Crippen LogP contribution >= 0.6 is 0 Å². The van der Waals surface area contributed by atoms with E-state index in [0.717, 1.165) is 29.6 Å². The van der Waals surface area contributed by atoms with E-state index in [1.54, 1.807) is 21.3 Å². The molecule has 0 saturated carbocycles. The predicted molar refractivity (Wildman–Crippen MR) is 93.0 cm³/mol. The summed E-state index contributed by atoms with van der Waals surface area (Å²) in [5.41, 5.74) is 2.24. The van der Waals surface area contributed by atoms with Crippen LogP contribution < -0.4 is 20.1 Å². The molecule has 2 rings (SSSR count). The van der Waals surface area contributed by atoms with Gasteiger partial charge in [0.25, 0.3) is 0 Å². The lowest BCUT2D eigenvalue weighted by Crippen LogP contribution is -2.36. The highest BCUT2D eigenvalue weighted by atomic mass is 16.5. The summed E-state index contributed by atoms with van der Waals surface area (Å²) in [5.74, 6) is 2.30. The van der Waals surface area contributed by atoms with E-state index in [9.17, 15) is 0 Å². The number of rotatable bonds is 6. The highest BCUT2D eigenvalue weighted by molar-refractivity contribution is 5.79. The molecule has 0 atom stereocenters. The molecule has 0 spiro atoms. The molecule has 0 saturated heterocycles. The van der Waals surface area contributed by atoms with Crippen molar-refractivity contribution in [2.75, 3.05) is 21.3 Å². The molecule has 0 aliphatic heterocycles. The maximum absolute atomic E-state index is 5.40. The van der Waals surface area contributed by atoms with Crippen LogP contribution in [0.25, 0.3) is 0 Å². The minimum Gasteiger partial charge on any atom is -0.497 e. The maximum atomic E-state index is 5.40. The molecule has 5 heteroatoms. The molecule has 0 unspecified atom stereocenters. The van der Waals surface area contributed by atoms with E-state index in [1.165, 1.54) is 5.56 Å². The lowest BCUT2D eigenvalue weighted by Gasteiger charge is -2.14. The molecule has 0 aromatic heterocycles. The van der Waals surface area contributed by atoms with Crippen LogP contribution in [0.3, 0.4) is 0 Å². The molecule has 2 aromatic carbocycles. The molecule has 5 nitrogen and oxygen atoms in total. The topological polar surface area (TPSA) is 54.9 Å². The fraction of sp³-hybridized carbons (Fsp3) is 0.278. The first-order chi connectivity index (χ1) is 11.3. The van der Waals surface area contributed by atoms with Gasteiger partial charge in [0, 0.05) is 31.8 Å². The predicted octanol–water partition coefficient (Wildman–Crippen LogP) is 2.57. The van der Waals surface area contributed by atoms with Crippen molar-refractivity contribution < 1.29 is 9.47 Å². The van der Waals surface area contributed by atoms with Gasteiger partial charge in [0.1, 0.15) is 11.5 Å². The molecule has 0 radical (unpaired) electrons. The third kappa shape index (κ3) is 4.92. The lowest BCUT2D eigenvalue weighted by molar-refractivity contribution is 0.390. The van der Waals surface area contributed by atoms with E-state index in [-0.39, 0.29) is 0 Å². The number of aliphatic imine (C=N–C) groups is 1. The molecule has 122 valence electrons. The van der Waals surface area contributed by atoms with Gasteiger partial charge in [-0.25, -0.2) is 0 Å². The van der Waals surface area contributed by atoms with Crippen molar-refractivity contribution in [2.45, 2.75) is 13.1 Å². The molecule has 23 heavy (non-hydrogen) atoms. The third-order valence-corrected chi connectivity index (χ3v) is 3.47. The van der Waals surface area contributed by atoms with Gasteiger partial charge < -0.3 is 20.1 Å². The molecule has 0 aliphatic rings. The Kier molecular flexibility index (Phi) is 6.29. The zero-order chi connectivity index (χ0) is 16.5. The smallest absolute Gasteiger partial charge is 0.191 e.